The third-order valence-corrected chi connectivity index (χ3v) is 3.36. The second kappa shape index (κ2) is 6.65. The van der Waals surface area contributed by atoms with Crippen LogP contribution in [0.15, 0.2) is 36.4 Å². The maximum atomic E-state index is 10.9. The Morgan fingerprint density at radius 1 is 1.24 bits per heavy atom. The Balaban J connectivity index is 2.19. The molecule has 2 aromatic carbocycles. The molecule has 2 rings (SSSR count). The number of non-ortho nitro benzene ring substituents is 1. The van der Waals surface area contributed by atoms with E-state index in [2.05, 4.69) is 5.32 Å². The highest BCUT2D eigenvalue weighted by molar-refractivity contribution is 6.36. The summed E-state index contributed by atoms with van der Waals surface area (Å²) in [6.45, 7) is 0.374. The van der Waals surface area contributed by atoms with E-state index in [4.69, 9.17) is 27.9 Å². The molecule has 1 N–H and O–H groups in total. The van der Waals surface area contributed by atoms with E-state index in [9.17, 15) is 10.1 Å². The van der Waals surface area contributed by atoms with Crippen molar-refractivity contribution in [3.8, 4) is 5.75 Å². The van der Waals surface area contributed by atoms with Gasteiger partial charge in [-0.05, 0) is 29.8 Å². The number of hydrogen-bond acceptors (Lipinski definition) is 4. The van der Waals surface area contributed by atoms with Crippen LogP contribution in [0.25, 0.3) is 0 Å². The van der Waals surface area contributed by atoms with Crippen LogP contribution in [-0.4, -0.2) is 12.0 Å². The van der Waals surface area contributed by atoms with Gasteiger partial charge >= 0.3 is 0 Å². The minimum absolute atomic E-state index is 0.0200. The topological polar surface area (TPSA) is 64.4 Å². The van der Waals surface area contributed by atoms with Gasteiger partial charge in [-0.2, -0.15) is 0 Å². The van der Waals surface area contributed by atoms with Crippen LogP contribution in [0.2, 0.25) is 10.0 Å². The highest BCUT2D eigenvalue weighted by Crippen LogP contribution is 2.27. The summed E-state index contributed by atoms with van der Waals surface area (Å²) in [7, 11) is 1.46. The molecule has 0 bridgehead atoms. The van der Waals surface area contributed by atoms with Gasteiger partial charge in [-0.15, -0.1) is 0 Å². The minimum atomic E-state index is -0.457. The van der Waals surface area contributed by atoms with Crippen molar-refractivity contribution < 1.29 is 9.66 Å². The molecule has 0 aliphatic carbocycles. The van der Waals surface area contributed by atoms with Crippen molar-refractivity contribution in [2.24, 2.45) is 0 Å². The summed E-state index contributed by atoms with van der Waals surface area (Å²) in [5, 5.41) is 15.0. The van der Waals surface area contributed by atoms with Crippen LogP contribution < -0.4 is 10.1 Å². The first-order valence-corrected chi connectivity index (χ1v) is 6.76. The van der Waals surface area contributed by atoms with E-state index >= 15 is 0 Å². The van der Waals surface area contributed by atoms with Crippen LogP contribution in [0.3, 0.4) is 0 Å². The Morgan fingerprint density at radius 2 is 2.00 bits per heavy atom. The zero-order valence-corrected chi connectivity index (χ0v) is 12.6. The van der Waals surface area contributed by atoms with Crippen molar-refractivity contribution in [3.05, 3.63) is 62.1 Å². The Hall–Kier alpha value is -1.98. The Labute approximate surface area is 131 Å². The van der Waals surface area contributed by atoms with Crippen LogP contribution in [0.4, 0.5) is 11.4 Å². The largest absolute Gasteiger partial charge is 0.496 e. The van der Waals surface area contributed by atoms with E-state index in [0.717, 1.165) is 0 Å². The van der Waals surface area contributed by atoms with Crippen molar-refractivity contribution in [1.82, 2.24) is 0 Å². The van der Waals surface area contributed by atoms with Gasteiger partial charge in [0.15, 0.2) is 0 Å². The van der Waals surface area contributed by atoms with E-state index < -0.39 is 4.92 Å². The first-order chi connectivity index (χ1) is 9.99. The second-order valence-corrected chi connectivity index (χ2v) is 5.12. The fourth-order valence-electron chi connectivity index (χ4n) is 1.80. The van der Waals surface area contributed by atoms with E-state index in [1.807, 2.05) is 0 Å². The van der Waals surface area contributed by atoms with Crippen LogP contribution in [-0.2, 0) is 6.54 Å². The van der Waals surface area contributed by atoms with E-state index in [0.29, 0.717) is 33.6 Å². The molecule has 0 spiro atoms. The zero-order valence-electron chi connectivity index (χ0n) is 11.1. The molecule has 2 aromatic rings. The molecule has 7 heteroatoms. The van der Waals surface area contributed by atoms with Crippen LogP contribution in [0, 0.1) is 10.1 Å². The van der Waals surface area contributed by atoms with Gasteiger partial charge in [0, 0.05) is 17.6 Å². The number of nitrogens with zero attached hydrogens (tertiary/aromatic N) is 1. The molecule has 0 amide bonds. The van der Waals surface area contributed by atoms with Gasteiger partial charge in [0.05, 0.1) is 28.8 Å². The Morgan fingerprint density at radius 3 is 2.62 bits per heavy atom. The lowest BCUT2D eigenvalue weighted by Gasteiger charge is -2.10. The molecule has 0 atom stereocenters. The lowest BCUT2D eigenvalue weighted by atomic mass is 10.2. The summed E-state index contributed by atoms with van der Waals surface area (Å²) in [6, 6.07) is 9.67. The Kier molecular flexibility index (Phi) is 4.88. The first kappa shape index (κ1) is 15.4. The molecule has 0 aliphatic heterocycles. The fraction of sp³-hybridized carbons (Fsp3) is 0.143. The number of methoxy groups -OCH3 is 1. The number of anilines is 1. The molecule has 0 saturated heterocycles. The summed E-state index contributed by atoms with van der Waals surface area (Å²) in [5.41, 5.74) is 1.40. The molecule has 0 saturated carbocycles. The van der Waals surface area contributed by atoms with Gasteiger partial charge in [0.2, 0.25) is 0 Å². The third kappa shape index (κ3) is 4.00. The highest BCUT2D eigenvalue weighted by atomic mass is 35.5. The van der Waals surface area contributed by atoms with E-state index in [1.54, 1.807) is 24.3 Å². The number of nitrogens with one attached hydrogen (secondary N) is 1. The van der Waals surface area contributed by atoms with Crippen molar-refractivity contribution in [3.63, 3.8) is 0 Å². The average Bonchev–Trinajstić information content (AvgIpc) is 2.46. The number of rotatable bonds is 5. The molecule has 0 heterocycles. The predicted octanol–water partition coefficient (Wildman–Crippen LogP) is 4.52. The van der Waals surface area contributed by atoms with Crippen molar-refractivity contribution in [2.45, 2.75) is 6.54 Å². The molecular formula is C14H12Cl2N2O3. The van der Waals surface area contributed by atoms with Gasteiger partial charge in [-0.1, -0.05) is 23.2 Å². The maximum Gasteiger partial charge on any atom is 0.273 e. The lowest BCUT2D eigenvalue weighted by molar-refractivity contribution is -0.385. The summed E-state index contributed by atoms with van der Waals surface area (Å²) in [4.78, 5) is 10.4. The molecule has 0 radical (unpaired) electrons. The Bertz CT molecular complexity index is 677. The monoisotopic (exact) mass is 326 g/mol. The summed E-state index contributed by atoms with van der Waals surface area (Å²) < 4.78 is 5.06. The molecule has 5 nitrogen and oxygen atoms in total. The molecule has 0 aromatic heterocycles. The summed E-state index contributed by atoms with van der Waals surface area (Å²) >= 11 is 11.9. The predicted molar refractivity (Wildman–Crippen MR) is 83.4 cm³/mol. The zero-order chi connectivity index (χ0) is 15.4. The average molecular weight is 327 g/mol. The number of nitro benzene ring substituents is 1. The van der Waals surface area contributed by atoms with Crippen LogP contribution in [0.5, 0.6) is 5.75 Å². The minimum Gasteiger partial charge on any atom is -0.496 e. The quantitative estimate of drug-likeness (QED) is 0.648. The van der Waals surface area contributed by atoms with Crippen molar-refractivity contribution in [1.29, 1.82) is 0 Å². The number of benzene rings is 2. The van der Waals surface area contributed by atoms with Crippen molar-refractivity contribution >= 4 is 34.6 Å². The number of halogens is 2. The van der Waals surface area contributed by atoms with Crippen molar-refractivity contribution in [2.75, 3.05) is 12.4 Å². The molecule has 0 fully saturated rings. The van der Waals surface area contributed by atoms with Crippen LogP contribution in [0.1, 0.15) is 5.56 Å². The number of ether oxygens (including phenoxy) is 1. The van der Waals surface area contributed by atoms with E-state index in [-0.39, 0.29) is 5.69 Å². The molecular weight excluding hydrogens is 315 g/mol. The lowest BCUT2D eigenvalue weighted by Crippen LogP contribution is -2.01. The maximum absolute atomic E-state index is 10.9. The van der Waals surface area contributed by atoms with Gasteiger partial charge < -0.3 is 10.1 Å². The standard InChI is InChI=1S/C14H12Cl2N2O3/c1-21-12-5-9(4-11(7-12)18(19)20)8-17-14-3-2-10(15)6-13(14)16/h2-7,17H,8H2,1H3. The molecule has 0 aliphatic rings. The van der Waals surface area contributed by atoms with Gasteiger partial charge in [0.25, 0.3) is 5.69 Å². The number of hydrogen-bond donors (Lipinski definition) is 1. The van der Waals surface area contributed by atoms with Gasteiger partial charge in [-0.3, -0.25) is 10.1 Å². The first-order valence-electron chi connectivity index (χ1n) is 6.01. The second-order valence-electron chi connectivity index (χ2n) is 4.27. The fourth-order valence-corrected chi connectivity index (χ4v) is 2.27. The highest BCUT2D eigenvalue weighted by Gasteiger charge is 2.10. The molecule has 21 heavy (non-hydrogen) atoms. The third-order valence-electron chi connectivity index (χ3n) is 2.81. The molecule has 0 unspecified atom stereocenters. The van der Waals surface area contributed by atoms with Gasteiger partial charge in [0.1, 0.15) is 5.75 Å². The molecule has 110 valence electrons. The van der Waals surface area contributed by atoms with Gasteiger partial charge in [-0.25, -0.2) is 0 Å². The summed E-state index contributed by atoms with van der Waals surface area (Å²) in [5.74, 6) is 0.434. The SMILES string of the molecule is COc1cc(CNc2ccc(Cl)cc2Cl)cc([N+](=O)[O-])c1. The normalized spacial score (nSPS) is 10.2. The van der Waals surface area contributed by atoms with E-state index in [1.165, 1.54) is 19.2 Å². The summed E-state index contributed by atoms with van der Waals surface area (Å²) in [6.07, 6.45) is 0. The number of nitro groups is 1. The van der Waals surface area contributed by atoms with Crippen LogP contribution >= 0.6 is 23.2 Å². The smallest absolute Gasteiger partial charge is 0.273 e.